The summed E-state index contributed by atoms with van der Waals surface area (Å²) in [5.74, 6) is 7.81. The van der Waals surface area contributed by atoms with Crippen molar-refractivity contribution in [3.63, 3.8) is 0 Å². The van der Waals surface area contributed by atoms with E-state index in [2.05, 4.69) is 150 Å². The fourth-order valence-electron chi connectivity index (χ4n) is 22.9. The molecule has 0 aromatic heterocycles. The summed E-state index contributed by atoms with van der Waals surface area (Å²) in [5, 5.41) is 44.8. The molecule has 0 bridgehead atoms. The molecule has 14 N–H and O–H groups in total. The molecule has 10 atom stereocenters. The van der Waals surface area contributed by atoms with Gasteiger partial charge in [0.2, 0.25) is 11.8 Å². The van der Waals surface area contributed by atoms with Gasteiger partial charge in [-0.3, -0.25) is 34.1 Å². The Labute approximate surface area is 890 Å². The second kappa shape index (κ2) is 54.1. The number of benzene rings is 5. The largest absolute Gasteiger partial charge is 0.385 e. The summed E-state index contributed by atoms with van der Waals surface area (Å²) < 4.78 is 41.2. The van der Waals surface area contributed by atoms with Crippen molar-refractivity contribution in [2.24, 2.45) is 97.1 Å². The number of primary amides is 2. The van der Waals surface area contributed by atoms with Crippen LogP contribution in [0.2, 0.25) is 25.1 Å². The Hall–Kier alpha value is -9.29. The highest BCUT2D eigenvalue weighted by atomic mass is 35.5. The fraction of sp³-hybridized carbons (Fsp3) is 0.604. The molecule has 5 unspecified atom stereocenters. The van der Waals surface area contributed by atoms with Gasteiger partial charge in [-0.05, 0) is 204 Å². The molecular weight excluding hydrogens is 1970 g/mol. The molecule has 5 aromatic carbocycles. The van der Waals surface area contributed by atoms with Crippen molar-refractivity contribution >= 4 is 128 Å². The Balaban J connectivity index is 0.000000131. The van der Waals surface area contributed by atoms with Crippen molar-refractivity contribution in [2.75, 3.05) is 158 Å². The van der Waals surface area contributed by atoms with Crippen molar-refractivity contribution in [3.8, 4) is 0 Å². The molecule has 0 saturated carbocycles. The number of rotatable bonds is 24. The first-order chi connectivity index (χ1) is 71.2. The van der Waals surface area contributed by atoms with Gasteiger partial charge in [-0.1, -0.05) is 133 Å². The zero-order chi connectivity index (χ0) is 103. The average molecular weight is 2120 g/mol. The number of hydrogen-bond acceptors (Lipinski definition) is 34. The van der Waals surface area contributed by atoms with Crippen molar-refractivity contribution in [1.82, 2.24) is 49.0 Å². The van der Waals surface area contributed by atoms with Gasteiger partial charge in [-0.25, -0.2) is 0 Å². The van der Waals surface area contributed by atoms with E-state index in [1.54, 1.807) is 7.11 Å². The fourth-order valence-corrected chi connectivity index (χ4v) is 23.6. The molecule has 20 rings (SSSR count). The van der Waals surface area contributed by atoms with Gasteiger partial charge in [-0.15, -0.1) is 51.0 Å². The summed E-state index contributed by atoms with van der Waals surface area (Å²) >= 11 is 30.2. The van der Waals surface area contributed by atoms with E-state index in [1.807, 2.05) is 91.9 Å². The maximum atomic E-state index is 11.7. The Morgan fingerprint density at radius 1 is 0.327 bits per heavy atom. The molecule has 15 heterocycles. The number of ether oxygens (including phenoxy) is 7. The van der Waals surface area contributed by atoms with Gasteiger partial charge < -0.3 is 97.8 Å². The van der Waals surface area contributed by atoms with Crippen LogP contribution < -0.4 is 40.1 Å². The first kappa shape index (κ1) is 110. The van der Waals surface area contributed by atoms with Crippen LogP contribution in [-0.2, 0) is 74.9 Å². The molecule has 5 aromatic rings. The summed E-state index contributed by atoms with van der Waals surface area (Å²) in [4.78, 5) is 48.0. The molecular formula is C106H150Cl5N27O9. The standard InChI is InChI=1S/C23H34ClN5O.C22H32ClN5O2.C21H30ClN5O2.2C20H27ClN6O2/c1-16(2)11-21-14-29(20(15-30-21)12-17-3-5-18(24)6-4-17)19-7-9-28(10-8-19)23-13-22(25)26-27-23;1-2-29-15-20-13-28(19(14-30-20)11-16-3-5-17(23)6-4-16)18-7-9-27(10-8-18)22-12-21(24)25-26-22;1-28-14-19-12-27(18(13-29-19)10-15-2-4-16(22)5-3-15)17-6-8-26(9-7-17)21-11-20(23)24-25-21;2*21-14-3-1-13(2-4-14)9-16-12-29-17(20(23)28)11-27(16)15-5-7-26(8-6-15)19-10-18(22)24-25-19/h3-6,16,19-21H,7-15H2,1-2H3,(H2,25,26);3-6,18-20H,2,7-15H2,1H3,(H2,24,25);2-5,17-19H,6-14H2,1H3,(H2,23,24);2*1-4,15-17H,5-12H2,(H2,22,24)(H2,23,28)/t20?,21-;19?,20-;18?,19-;2*16?,17-/m01110/s1. The number of methoxy groups -OCH3 is 1. The Morgan fingerprint density at radius 3 is 0.755 bits per heavy atom. The van der Waals surface area contributed by atoms with E-state index in [1.165, 1.54) is 27.8 Å². The van der Waals surface area contributed by atoms with Gasteiger partial charge >= 0.3 is 0 Å². The minimum atomic E-state index is -0.554. The number of piperidine rings is 5. The van der Waals surface area contributed by atoms with Crippen LogP contribution in [0.1, 0.15) is 151 Å². The summed E-state index contributed by atoms with van der Waals surface area (Å²) in [5.41, 5.74) is 46.3. The second-order valence-corrected chi connectivity index (χ2v) is 43.7. The van der Waals surface area contributed by atoms with Crippen LogP contribution in [0.4, 0.5) is 0 Å². The minimum absolute atomic E-state index is 0.131. The molecule has 798 valence electrons. The quantitative estimate of drug-likeness (QED) is 0.0302. The molecule has 147 heavy (non-hydrogen) atoms. The molecule has 0 radical (unpaired) electrons. The highest BCUT2D eigenvalue weighted by Crippen LogP contribution is 2.36. The predicted octanol–water partition coefficient (Wildman–Crippen LogP) is 10.2. The number of carbonyl (C=O) groups is 2. The molecule has 41 heteroatoms. The number of nitrogens with two attached hydrogens (primary N) is 7. The number of carbonyl (C=O) groups excluding carboxylic acids is 2. The number of nitrogens with zero attached hydrogens (tertiary/aromatic N) is 20. The smallest absolute Gasteiger partial charge is 0.247 e. The van der Waals surface area contributed by atoms with Gasteiger partial charge in [0, 0.05) is 197 Å². The van der Waals surface area contributed by atoms with Crippen molar-refractivity contribution in [2.45, 2.75) is 247 Å². The van der Waals surface area contributed by atoms with Gasteiger partial charge in [-0.2, -0.15) is 0 Å². The summed E-state index contributed by atoms with van der Waals surface area (Å²) in [6.45, 7) is 25.4. The molecule has 0 aliphatic carbocycles. The Bertz CT molecular complexity index is 5280. The number of hydrogen-bond donors (Lipinski definition) is 7. The van der Waals surface area contributed by atoms with Crippen LogP contribution in [0.5, 0.6) is 0 Å². The molecule has 10 fully saturated rings. The normalized spacial score (nSPS) is 26.3. The maximum Gasteiger partial charge on any atom is 0.247 e. The van der Waals surface area contributed by atoms with Crippen LogP contribution >= 0.6 is 58.0 Å². The highest BCUT2D eigenvalue weighted by molar-refractivity contribution is 6.31. The predicted molar refractivity (Wildman–Crippen MR) is 585 cm³/mol. The van der Waals surface area contributed by atoms with Crippen LogP contribution in [0.15, 0.2) is 172 Å². The monoisotopic (exact) mass is 2120 g/mol. The second-order valence-electron chi connectivity index (χ2n) is 41.5. The van der Waals surface area contributed by atoms with Crippen molar-refractivity contribution in [1.29, 1.82) is 0 Å². The first-order valence-corrected chi connectivity index (χ1v) is 54.5. The van der Waals surface area contributed by atoms with Crippen molar-refractivity contribution < 1.29 is 42.7 Å². The van der Waals surface area contributed by atoms with Gasteiger partial charge in [0.05, 0.1) is 96.7 Å². The highest BCUT2D eigenvalue weighted by Gasteiger charge is 2.45. The number of amides is 2. The topological polar surface area (TPSA) is 437 Å². The van der Waals surface area contributed by atoms with Crippen LogP contribution in [-0.4, -0.2) is 368 Å². The van der Waals surface area contributed by atoms with E-state index < -0.39 is 24.0 Å². The SMILES string of the molecule is CC(C)C[C@H]1CN(C2CCN(C3=NN=C(N)C3)CC2)C(Cc2ccc(Cl)cc2)CO1.CCOC[C@H]1CN(C2CCN(C3=NN=C(N)C3)CC2)C(Cc2ccc(Cl)cc2)CO1.COC[C@H]1CN(C2CCN(C3=NN=C(N)C3)CC2)C(Cc2ccc(Cl)cc2)CO1.NC(=O)[C@@H]1CN(C2CCN(C3=NN=C(N)C3)CC2)C(Cc2ccc(Cl)cc2)CO1.NC(=O)[C@H]1CN(C2CCN(C3=NN=C(N)C3)CC2)C(Cc2ccc(Cl)cc2)CO1. The van der Waals surface area contributed by atoms with Crippen LogP contribution in [0, 0.1) is 5.92 Å². The number of morpholine rings is 5. The molecule has 15 aliphatic heterocycles. The van der Waals surface area contributed by atoms with E-state index in [-0.39, 0.29) is 24.3 Å². The van der Waals surface area contributed by atoms with Crippen LogP contribution in [0.3, 0.4) is 0 Å². The van der Waals surface area contributed by atoms with E-state index >= 15 is 0 Å². The first-order valence-electron chi connectivity index (χ1n) is 52.6. The zero-order valence-electron chi connectivity index (χ0n) is 85.4. The van der Waals surface area contributed by atoms with E-state index in [0.29, 0.717) is 161 Å². The molecule has 2 amide bonds. The lowest BCUT2D eigenvalue weighted by Crippen LogP contribution is -2.59. The third kappa shape index (κ3) is 31.7. The lowest BCUT2D eigenvalue weighted by molar-refractivity contribution is -0.142. The molecule has 10 saturated heterocycles. The number of likely N-dealkylation sites (tertiary alicyclic amines) is 5. The third-order valence-corrected chi connectivity index (χ3v) is 32.0. The number of halogens is 5. The molecule has 36 nitrogen and oxygen atoms in total. The maximum absolute atomic E-state index is 11.7. The van der Waals surface area contributed by atoms with Crippen molar-refractivity contribution in [3.05, 3.63) is 174 Å². The van der Waals surface area contributed by atoms with Gasteiger partial charge in [0.15, 0.2) is 0 Å². The number of amidine groups is 10. The van der Waals surface area contributed by atoms with E-state index in [4.69, 9.17) is 131 Å². The van der Waals surface area contributed by atoms with E-state index in [0.717, 1.165) is 269 Å². The Morgan fingerprint density at radius 2 is 0.544 bits per heavy atom. The lowest BCUT2D eigenvalue weighted by Gasteiger charge is -2.47. The minimum Gasteiger partial charge on any atom is -0.385 e. The van der Waals surface area contributed by atoms with E-state index in [9.17, 15) is 9.59 Å². The molecule has 15 aliphatic rings. The molecule has 0 spiro atoms. The van der Waals surface area contributed by atoms with Gasteiger partial charge in [0.1, 0.15) is 70.6 Å². The third-order valence-electron chi connectivity index (χ3n) is 30.7. The average Bonchev–Trinajstić information content (AvgIpc) is 1.41. The van der Waals surface area contributed by atoms with Crippen LogP contribution in [0.25, 0.3) is 0 Å². The van der Waals surface area contributed by atoms with Gasteiger partial charge in [0.25, 0.3) is 0 Å². The summed E-state index contributed by atoms with van der Waals surface area (Å²) in [6.07, 6.45) is 19.2. The zero-order valence-corrected chi connectivity index (χ0v) is 89.2. The Kier molecular flexibility index (Phi) is 40.6. The lowest BCUT2D eigenvalue weighted by atomic mass is 9.94. The summed E-state index contributed by atoms with van der Waals surface area (Å²) in [6, 6.07) is 44.4. The summed E-state index contributed by atoms with van der Waals surface area (Å²) in [7, 11) is 1.74.